The third-order valence-corrected chi connectivity index (χ3v) is 8.07. The minimum atomic E-state index is -0.0699. The number of nitrogens with zero attached hydrogens (tertiary/aromatic N) is 4. The van der Waals surface area contributed by atoms with Crippen LogP contribution in [-0.2, 0) is 6.42 Å². The number of halogens is 1. The van der Waals surface area contributed by atoms with Crippen LogP contribution in [0.5, 0.6) is 0 Å². The van der Waals surface area contributed by atoms with Gasteiger partial charge in [-0.3, -0.25) is 19.1 Å². The lowest BCUT2D eigenvalue weighted by atomic mass is 10.0. The first kappa shape index (κ1) is 26.3. The molecule has 7 heteroatoms. The van der Waals surface area contributed by atoms with Gasteiger partial charge < -0.3 is 4.90 Å². The van der Waals surface area contributed by atoms with E-state index in [1.807, 2.05) is 77.7 Å². The van der Waals surface area contributed by atoms with Crippen molar-refractivity contribution in [2.75, 3.05) is 19.6 Å². The van der Waals surface area contributed by atoms with E-state index < -0.39 is 0 Å². The number of hydrogen-bond acceptors (Lipinski definition) is 4. The second-order valence-corrected chi connectivity index (χ2v) is 10.8. The number of rotatable bonds is 6. The van der Waals surface area contributed by atoms with Gasteiger partial charge in [-0.05, 0) is 73.9 Å². The summed E-state index contributed by atoms with van der Waals surface area (Å²) < 4.78 is 2.72. The number of carbonyl (C=O) groups excluding carboxylic acids is 1. The monoisotopic (exact) mass is 572 g/mol. The summed E-state index contributed by atoms with van der Waals surface area (Å²) in [5.74, 6) is 0.809. The molecule has 1 aliphatic rings. The molecule has 0 spiro atoms. The second kappa shape index (κ2) is 11.2. The van der Waals surface area contributed by atoms with Crippen LogP contribution in [0.15, 0.2) is 82.1 Å². The Labute approximate surface area is 232 Å². The van der Waals surface area contributed by atoms with Gasteiger partial charge in [-0.1, -0.05) is 54.0 Å². The van der Waals surface area contributed by atoms with E-state index in [4.69, 9.17) is 4.98 Å². The fourth-order valence-electron chi connectivity index (χ4n) is 5.44. The standard InChI is InChI=1S/C31H33BrN4O2/c1-4-22-10-12-23(13-11-22)30(37)35-19-18-34(20-21(35)3)28(5-2)29-33-27-9-7-6-8-26(27)31(38)36(29)25-16-14-24(32)15-17-25/h6-17,21,28H,4-5,18-20H2,1-3H3. The topological polar surface area (TPSA) is 58.4 Å². The van der Waals surface area contributed by atoms with Crippen molar-refractivity contribution in [3.63, 3.8) is 0 Å². The van der Waals surface area contributed by atoms with Gasteiger partial charge in [0, 0.05) is 35.7 Å². The highest BCUT2D eigenvalue weighted by atomic mass is 79.9. The fourth-order valence-corrected chi connectivity index (χ4v) is 5.70. The Morgan fingerprint density at radius 1 is 1.00 bits per heavy atom. The van der Waals surface area contributed by atoms with Crippen molar-refractivity contribution in [2.24, 2.45) is 0 Å². The fraction of sp³-hybridized carbons (Fsp3) is 0.323. The molecule has 0 radical (unpaired) electrons. The highest BCUT2D eigenvalue weighted by molar-refractivity contribution is 9.10. The van der Waals surface area contributed by atoms with Crippen LogP contribution >= 0.6 is 15.9 Å². The van der Waals surface area contributed by atoms with Crippen molar-refractivity contribution < 1.29 is 4.79 Å². The first-order valence-electron chi connectivity index (χ1n) is 13.3. The molecule has 0 saturated carbocycles. The molecule has 0 aliphatic carbocycles. The molecule has 38 heavy (non-hydrogen) atoms. The van der Waals surface area contributed by atoms with Gasteiger partial charge >= 0.3 is 0 Å². The summed E-state index contributed by atoms with van der Waals surface area (Å²) in [5.41, 5.74) is 3.39. The van der Waals surface area contributed by atoms with Gasteiger partial charge in [0.1, 0.15) is 5.82 Å². The second-order valence-electron chi connectivity index (χ2n) is 9.92. The molecule has 1 amide bonds. The van der Waals surface area contributed by atoms with Crippen LogP contribution in [-0.4, -0.2) is 50.9 Å². The molecule has 1 saturated heterocycles. The molecule has 4 aromatic rings. The van der Waals surface area contributed by atoms with Gasteiger partial charge in [-0.15, -0.1) is 0 Å². The number of para-hydroxylation sites is 1. The van der Waals surface area contributed by atoms with Gasteiger partial charge in [0.05, 0.1) is 22.6 Å². The van der Waals surface area contributed by atoms with Crippen molar-refractivity contribution in [1.82, 2.24) is 19.4 Å². The van der Waals surface area contributed by atoms with E-state index in [9.17, 15) is 9.59 Å². The predicted molar refractivity (Wildman–Crippen MR) is 156 cm³/mol. The highest BCUT2D eigenvalue weighted by Crippen LogP contribution is 2.29. The van der Waals surface area contributed by atoms with E-state index >= 15 is 0 Å². The lowest BCUT2D eigenvalue weighted by Crippen LogP contribution is -2.55. The molecule has 1 fully saturated rings. The summed E-state index contributed by atoms with van der Waals surface area (Å²) in [6.45, 7) is 8.40. The molecule has 0 N–H and O–H groups in total. The van der Waals surface area contributed by atoms with Crippen molar-refractivity contribution >= 4 is 32.7 Å². The zero-order valence-corrected chi connectivity index (χ0v) is 23.7. The smallest absolute Gasteiger partial charge is 0.266 e. The van der Waals surface area contributed by atoms with Crippen LogP contribution in [0, 0.1) is 0 Å². The van der Waals surface area contributed by atoms with Crippen molar-refractivity contribution in [1.29, 1.82) is 0 Å². The summed E-state index contributed by atoms with van der Waals surface area (Å²) in [4.78, 5) is 36.5. The molecule has 1 aliphatic heterocycles. The van der Waals surface area contributed by atoms with Crippen LogP contribution in [0.25, 0.3) is 16.6 Å². The molecule has 3 aromatic carbocycles. The quantitative estimate of drug-likeness (QED) is 0.284. The van der Waals surface area contributed by atoms with Crippen molar-refractivity contribution in [3.8, 4) is 5.69 Å². The molecule has 196 valence electrons. The Bertz CT molecular complexity index is 1500. The predicted octanol–water partition coefficient (Wildman–Crippen LogP) is 6.01. The van der Waals surface area contributed by atoms with Crippen LogP contribution in [0.2, 0.25) is 0 Å². The van der Waals surface area contributed by atoms with E-state index in [1.54, 1.807) is 4.57 Å². The van der Waals surface area contributed by atoms with Crippen LogP contribution in [0.1, 0.15) is 55.0 Å². The maximum atomic E-state index is 13.8. The lowest BCUT2D eigenvalue weighted by Gasteiger charge is -2.43. The van der Waals surface area contributed by atoms with Crippen molar-refractivity contribution in [2.45, 2.75) is 45.7 Å². The van der Waals surface area contributed by atoms with Crippen LogP contribution in [0.3, 0.4) is 0 Å². The Hall–Kier alpha value is -3.29. The number of aryl methyl sites for hydroxylation is 1. The maximum absolute atomic E-state index is 13.8. The molecule has 2 unspecified atom stereocenters. The molecule has 0 bridgehead atoms. The van der Waals surface area contributed by atoms with E-state index in [-0.39, 0.29) is 23.6 Å². The lowest BCUT2D eigenvalue weighted by molar-refractivity contribution is 0.0364. The van der Waals surface area contributed by atoms with Gasteiger partial charge in [-0.2, -0.15) is 0 Å². The summed E-state index contributed by atoms with van der Waals surface area (Å²) in [5, 5.41) is 0.604. The normalized spacial score (nSPS) is 17.1. The summed E-state index contributed by atoms with van der Waals surface area (Å²) >= 11 is 3.50. The number of carbonyl (C=O) groups is 1. The molecule has 5 rings (SSSR count). The average molecular weight is 574 g/mol. The molecule has 2 heterocycles. The number of aromatic nitrogens is 2. The maximum Gasteiger partial charge on any atom is 0.266 e. The van der Waals surface area contributed by atoms with Crippen LogP contribution in [0.4, 0.5) is 0 Å². The summed E-state index contributed by atoms with van der Waals surface area (Å²) in [6, 6.07) is 23.2. The Balaban J connectivity index is 1.48. The van der Waals surface area contributed by atoms with E-state index in [0.717, 1.165) is 34.4 Å². The largest absolute Gasteiger partial charge is 0.333 e. The third-order valence-electron chi connectivity index (χ3n) is 7.54. The third kappa shape index (κ3) is 5.05. The van der Waals surface area contributed by atoms with Gasteiger partial charge in [-0.25, -0.2) is 4.98 Å². The SMILES string of the molecule is CCc1ccc(C(=O)N2CCN(C(CC)c3nc4ccccc4c(=O)n3-c3ccc(Br)cc3)CC2C)cc1. The summed E-state index contributed by atoms with van der Waals surface area (Å²) in [7, 11) is 0. The number of benzene rings is 3. The van der Waals surface area contributed by atoms with Crippen LogP contribution < -0.4 is 5.56 Å². The van der Waals surface area contributed by atoms with Crippen molar-refractivity contribution in [3.05, 3.63) is 105 Å². The first-order valence-corrected chi connectivity index (χ1v) is 14.1. The highest BCUT2D eigenvalue weighted by Gasteiger charge is 2.33. The Kier molecular flexibility index (Phi) is 7.77. The Morgan fingerprint density at radius 2 is 1.71 bits per heavy atom. The number of fused-ring (bicyclic) bond motifs is 1. The first-order chi connectivity index (χ1) is 18.4. The minimum Gasteiger partial charge on any atom is -0.333 e. The minimum absolute atomic E-state index is 0.0319. The molecule has 6 nitrogen and oxygen atoms in total. The molecule has 2 atom stereocenters. The number of hydrogen-bond donors (Lipinski definition) is 0. The molecule has 1 aromatic heterocycles. The van der Waals surface area contributed by atoms with E-state index in [2.05, 4.69) is 41.6 Å². The van der Waals surface area contributed by atoms with E-state index in [1.165, 1.54) is 5.56 Å². The van der Waals surface area contributed by atoms with Gasteiger partial charge in [0.25, 0.3) is 11.5 Å². The van der Waals surface area contributed by atoms with Gasteiger partial charge in [0.2, 0.25) is 0 Å². The zero-order valence-electron chi connectivity index (χ0n) is 22.1. The zero-order chi connectivity index (χ0) is 26.8. The van der Waals surface area contributed by atoms with Gasteiger partial charge in [0.15, 0.2) is 0 Å². The molecular formula is C31H33BrN4O2. The van der Waals surface area contributed by atoms with E-state index in [0.29, 0.717) is 30.5 Å². The number of amides is 1. The number of piperazine rings is 1. The summed E-state index contributed by atoms with van der Waals surface area (Å²) in [6.07, 6.45) is 1.75. The molecular weight excluding hydrogens is 540 g/mol. The average Bonchev–Trinajstić information content (AvgIpc) is 2.94. The Morgan fingerprint density at radius 3 is 2.37 bits per heavy atom.